The summed E-state index contributed by atoms with van der Waals surface area (Å²) < 4.78 is 46.0. The number of carbonyl (C=O) groups is 5. The van der Waals surface area contributed by atoms with Gasteiger partial charge in [0.1, 0.15) is 24.4 Å². The number of carboxylic acid groups (broad SMARTS) is 1. The number of rotatable bonds is 14. The van der Waals surface area contributed by atoms with Crippen LogP contribution in [0.25, 0.3) is 0 Å². The Labute approximate surface area is 277 Å². The van der Waals surface area contributed by atoms with Gasteiger partial charge in [-0.2, -0.15) is 13.2 Å². The van der Waals surface area contributed by atoms with Gasteiger partial charge in [-0.25, -0.2) is 0 Å². The molecule has 0 aliphatic rings. The molecule has 1 heterocycles. The average Bonchev–Trinajstić information content (AvgIpc) is 3.01. The number of benzene rings is 2. The van der Waals surface area contributed by atoms with Gasteiger partial charge < -0.3 is 30.4 Å². The first kappa shape index (κ1) is 37.3. The first-order valence-electron chi connectivity index (χ1n) is 14.3. The summed E-state index contributed by atoms with van der Waals surface area (Å²) in [5, 5.41) is 16.3. The van der Waals surface area contributed by atoms with Crippen LogP contribution >= 0.6 is 11.6 Å². The molecular formula is C32H32ClF3N4O8. The van der Waals surface area contributed by atoms with Crippen LogP contribution in [0.4, 0.5) is 13.2 Å². The maximum Gasteiger partial charge on any atom is 0.452 e. The van der Waals surface area contributed by atoms with Gasteiger partial charge in [-0.3, -0.25) is 28.8 Å². The number of ketones is 1. The van der Waals surface area contributed by atoms with Gasteiger partial charge in [0.2, 0.25) is 11.8 Å². The predicted octanol–water partition coefficient (Wildman–Crippen LogP) is 3.07. The Balaban J connectivity index is 1.99. The quantitative estimate of drug-likeness (QED) is 0.200. The zero-order chi connectivity index (χ0) is 35.8. The molecule has 256 valence electrons. The van der Waals surface area contributed by atoms with E-state index < -0.39 is 71.8 Å². The number of methoxy groups -OCH3 is 1. The molecule has 0 radical (unpaired) electrons. The number of nitrogens with one attached hydrogen (secondary N) is 3. The number of hydrogen-bond acceptors (Lipinski definition) is 7. The molecule has 48 heavy (non-hydrogen) atoms. The maximum absolute atomic E-state index is 13.8. The molecule has 16 heteroatoms. The van der Waals surface area contributed by atoms with Crippen LogP contribution in [0, 0.1) is 5.92 Å². The second-order valence-electron chi connectivity index (χ2n) is 10.9. The lowest BCUT2D eigenvalue weighted by Crippen LogP contribution is -2.55. The summed E-state index contributed by atoms with van der Waals surface area (Å²) in [4.78, 5) is 76.1. The van der Waals surface area contributed by atoms with Crippen LogP contribution in [0.2, 0.25) is 5.02 Å². The Morgan fingerprint density at radius 3 is 2.15 bits per heavy atom. The molecule has 12 nitrogen and oxygen atoms in total. The van der Waals surface area contributed by atoms with Crippen molar-refractivity contribution in [2.75, 3.05) is 7.11 Å². The summed E-state index contributed by atoms with van der Waals surface area (Å²) in [5.74, 6) is -7.07. The van der Waals surface area contributed by atoms with E-state index in [0.717, 1.165) is 16.8 Å². The van der Waals surface area contributed by atoms with Gasteiger partial charge in [0, 0.05) is 29.3 Å². The van der Waals surface area contributed by atoms with E-state index in [1.807, 2.05) is 0 Å². The number of amides is 3. The monoisotopic (exact) mass is 692 g/mol. The van der Waals surface area contributed by atoms with Gasteiger partial charge in [0.05, 0.1) is 13.2 Å². The van der Waals surface area contributed by atoms with Crippen molar-refractivity contribution < 1.29 is 47.0 Å². The molecule has 0 spiro atoms. The van der Waals surface area contributed by atoms with E-state index in [0.29, 0.717) is 16.3 Å². The van der Waals surface area contributed by atoms with Crippen molar-refractivity contribution in [3.63, 3.8) is 0 Å². The topological polar surface area (TPSA) is 173 Å². The Morgan fingerprint density at radius 2 is 1.60 bits per heavy atom. The van der Waals surface area contributed by atoms with E-state index in [9.17, 15) is 41.9 Å². The Bertz CT molecular complexity index is 1730. The first-order valence-corrected chi connectivity index (χ1v) is 14.7. The third-order valence-electron chi connectivity index (χ3n) is 7.04. The number of halogens is 4. The third-order valence-corrected chi connectivity index (χ3v) is 7.27. The van der Waals surface area contributed by atoms with Crippen molar-refractivity contribution in [3.05, 3.63) is 98.9 Å². The minimum Gasteiger partial charge on any atom is -0.497 e. The van der Waals surface area contributed by atoms with E-state index in [1.165, 1.54) is 57.4 Å². The molecule has 4 N–H and O–H groups in total. The summed E-state index contributed by atoms with van der Waals surface area (Å²) in [6, 6.07) is 8.94. The number of hydrogen-bond donors (Lipinski definition) is 4. The fraction of sp³-hybridized carbons (Fsp3) is 0.312. The number of Topliss-reactive ketones (excluding diaryl/α,β-unsaturated/α-hetero) is 1. The normalized spacial score (nSPS) is 13.2. The molecule has 1 aromatic heterocycles. The standard InChI is InChI=1S/C32H32ClF3N4O8/c1-17(2)26(28(44)32(34,35)36)38-31(47)27(19-7-9-22(48-3)10-8-19)39-30(46)23(14-18-5-4-6-21(33)13-18)37-29(45)20-11-12-40(16-25(42)43)24(41)15-20/h4-13,15,17,23,26-27H,14,16H2,1-3H3,(H,37,45)(H,38,47)(H,39,46)(H,42,43)/t23-,26-,27-/m0/s1. The Hall–Kier alpha value is -5.18. The molecule has 0 aliphatic heterocycles. The van der Waals surface area contributed by atoms with E-state index >= 15 is 0 Å². The molecule has 3 amide bonds. The minimum atomic E-state index is -5.25. The third kappa shape index (κ3) is 10.2. The van der Waals surface area contributed by atoms with Crippen LogP contribution in [-0.4, -0.2) is 64.5 Å². The van der Waals surface area contributed by atoms with Crippen molar-refractivity contribution >= 4 is 41.1 Å². The maximum atomic E-state index is 13.8. The lowest BCUT2D eigenvalue weighted by atomic mass is 9.97. The van der Waals surface area contributed by atoms with Crippen molar-refractivity contribution in [3.8, 4) is 5.75 Å². The number of carbonyl (C=O) groups excluding carboxylic acids is 4. The highest BCUT2D eigenvalue weighted by atomic mass is 35.5. The molecule has 0 saturated carbocycles. The number of aliphatic carboxylic acids is 1. The molecule has 3 aromatic rings. The molecule has 0 bridgehead atoms. The molecule has 3 rings (SSSR count). The van der Waals surface area contributed by atoms with Gasteiger partial charge in [0.15, 0.2) is 0 Å². The SMILES string of the molecule is COc1ccc([C@H](NC(=O)[C@H](Cc2cccc(Cl)c2)NC(=O)c2ccn(CC(=O)O)c(=O)c2)C(=O)N[C@H](C(=O)C(F)(F)F)C(C)C)cc1. The predicted molar refractivity (Wildman–Crippen MR) is 166 cm³/mol. The number of aromatic nitrogens is 1. The Kier molecular flexibility index (Phi) is 12.5. The van der Waals surface area contributed by atoms with Crippen LogP contribution < -0.4 is 26.2 Å². The van der Waals surface area contributed by atoms with Gasteiger partial charge >= 0.3 is 12.1 Å². The largest absolute Gasteiger partial charge is 0.497 e. The molecule has 0 aliphatic carbocycles. The van der Waals surface area contributed by atoms with Crippen molar-refractivity contribution in [1.82, 2.24) is 20.5 Å². The summed E-state index contributed by atoms with van der Waals surface area (Å²) >= 11 is 6.10. The van der Waals surface area contributed by atoms with Gasteiger partial charge in [-0.15, -0.1) is 0 Å². The lowest BCUT2D eigenvalue weighted by molar-refractivity contribution is -0.175. The molecular weight excluding hydrogens is 661 g/mol. The fourth-order valence-corrected chi connectivity index (χ4v) is 4.78. The van der Waals surface area contributed by atoms with Crippen molar-refractivity contribution in [1.29, 1.82) is 0 Å². The highest BCUT2D eigenvalue weighted by Crippen LogP contribution is 2.23. The van der Waals surface area contributed by atoms with Crippen LogP contribution in [0.5, 0.6) is 5.75 Å². The Morgan fingerprint density at radius 1 is 0.938 bits per heavy atom. The summed E-state index contributed by atoms with van der Waals surface area (Å²) in [7, 11) is 1.38. The lowest BCUT2D eigenvalue weighted by Gasteiger charge is -2.27. The number of ether oxygens (including phenoxy) is 1. The molecule has 0 fully saturated rings. The number of pyridine rings is 1. The van der Waals surface area contributed by atoms with Gasteiger partial charge in [-0.05, 0) is 47.4 Å². The second kappa shape index (κ2) is 16.1. The van der Waals surface area contributed by atoms with Gasteiger partial charge in [0.25, 0.3) is 17.2 Å². The summed E-state index contributed by atoms with van der Waals surface area (Å²) in [6.45, 7) is 1.97. The highest BCUT2D eigenvalue weighted by molar-refractivity contribution is 6.30. The number of carboxylic acids is 1. The number of nitrogens with zero attached hydrogens (tertiary/aromatic N) is 1. The van der Waals surface area contributed by atoms with Crippen LogP contribution in [-0.2, 0) is 32.1 Å². The summed E-state index contributed by atoms with van der Waals surface area (Å²) in [6.07, 6.45) is -4.34. The number of alkyl halides is 3. The van der Waals surface area contributed by atoms with Crippen molar-refractivity contribution in [2.24, 2.45) is 5.92 Å². The molecule has 0 unspecified atom stereocenters. The van der Waals surface area contributed by atoms with E-state index in [2.05, 4.69) is 16.0 Å². The smallest absolute Gasteiger partial charge is 0.452 e. The van der Waals surface area contributed by atoms with E-state index in [4.69, 9.17) is 21.4 Å². The van der Waals surface area contributed by atoms with E-state index in [-0.39, 0.29) is 17.5 Å². The molecule has 3 atom stereocenters. The van der Waals surface area contributed by atoms with Gasteiger partial charge in [-0.1, -0.05) is 49.7 Å². The van der Waals surface area contributed by atoms with Crippen LogP contribution in [0.15, 0.2) is 71.7 Å². The van der Waals surface area contributed by atoms with Crippen molar-refractivity contribution in [2.45, 2.75) is 51.1 Å². The average molecular weight is 693 g/mol. The van der Waals surface area contributed by atoms with E-state index in [1.54, 1.807) is 18.2 Å². The summed E-state index contributed by atoms with van der Waals surface area (Å²) in [5.41, 5.74) is -0.426. The van der Waals surface area contributed by atoms with Crippen LogP contribution in [0.3, 0.4) is 0 Å². The fourth-order valence-electron chi connectivity index (χ4n) is 4.56. The highest BCUT2D eigenvalue weighted by Gasteiger charge is 2.45. The first-order chi connectivity index (χ1) is 22.5. The molecule has 2 aromatic carbocycles. The second-order valence-corrected chi connectivity index (χ2v) is 11.4. The van der Waals surface area contributed by atoms with Crippen LogP contribution in [0.1, 0.15) is 41.4 Å². The minimum absolute atomic E-state index is 0.110. The zero-order valence-corrected chi connectivity index (χ0v) is 26.6. The zero-order valence-electron chi connectivity index (χ0n) is 25.8. The molecule has 0 saturated heterocycles.